The molecule has 0 saturated heterocycles. The van der Waals surface area contributed by atoms with Crippen molar-refractivity contribution in [2.45, 2.75) is 53.4 Å². The summed E-state index contributed by atoms with van der Waals surface area (Å²) in [5.74, 6) is 18.6. The molecule has 0 aliphatic rings. The third kappa shape index (κ3) is 6.58. The minimum absolute atomic E-state index is 0.911. The zero-order valence-corrected chi connectivity index (χ0v) is 19.7. The normalized spacial score (nSPS) is 11.7. The third-order valence-electron chi connectivity index (χ3n) is 4.51. The van der Waals surface area contributed by atoms with Gasteiger partial charge in [-0.2, -0.15) is 0 Å². The average Bonchev–Trinajstić information content (AvgIpc) is 3.41. The van der Waals surface area contributed by atoms with E-state index in [4.69, 9.17) is 12.8 Å². The lowest BCUT2D eigenvalue weighted by atomic mass is 9.90. The SMILES string of the molecule is C#Cc1ccc(C#CC(C)=C(CCC)/C(CCC)=C(\C)C#Cc2ccc(C#C)s2)s1. The molecular formula is C28H26S2. The highest BCUT2D eigenvalue weighted by molar-refractivity contribution is 7.13. The summed E-state index contributed by atoms with van der Waals surface area (Å²) >= 11 is 3.11. The molecule has 2 heterocycles. The number of thiophene rings is 2. The minimum Gasteiger partial charge on any atom is -0.118 e. The van der Waals surface area contributed by atoms with E-state index >= 15 is 0 Å². The van der Waals surface area contributed by atoms with Gasteiger partial charge in [0.1, 0.15) is 0 Å². The molecule has 30 heavy (non-hydrogen) atoms. The van der Waals surface area contributed by atoms with Crippen LogP contribution in [0.2, 0.25) is 0 Å². The fourth-order valence-electron chi connectivity index (χ4n) is 3.06. The highest BCUT2D eigenvalue weighted by Crippen LogP contribution is 2.27. The highest BCUT2D eigenvalue weighted by Gasteiger charge is 2.10. The summed E-state index contributed by atoms with van der Waals surface area (Å²) in [6.07, 6.45) is 15.1. The van der Waals surface area contributed by atoms with Crippen LogP contribution >= 0.6 is 22.7 Å². The molecule has 0 saturated carbocycles. The number of hydrogen-bond donors (Lipinski definition) is 0. The van der Waals surface area contributed by atoms with E-state index in [2.05, 4.69) is 63.2 Å². The van der Waals surface area contributed by atoms with Crippen LogP contribution in [0.15, 0.2) is 46.6 Å². The van der Waals surface area contributed by atoms with E-state index < -0.39 is 0 Å². The summed E-state index contributed by atoms with van der Waals surface area (Å²) in [6, 6.07) is 7.87. The predicted molar refractivity (Wildman–Crippen MR) is 133 cm³/mol. The number of terminal acetylenes is 2. The zero-order valence-electron chi connectivity index (χ0n) is 18.1. The monoisotopic (exact) mass is 426 g/mol. The molecule has 0 spiro atoms. The maximum absolute atomic E-state index is 5.47. The first-order valence-corrected chi connectivity index (χ1v) is 11.7. The van der Waals surface area contributed by atoms with Gasteiger partial charge in [0.15, 0.2) is 0 Å². The van der Waals surface area contributed by atoms with Crippen LogP contribution in [0, 0.1) is 48.4 Å². The quantitative estimate of drug-likeness (QED) is 0.345. The highest BCUT2D eigenvalue weighted by atomic mass is 32.1. The molecule has 150 valence electrons. The van der Waals surface area contributed by atoms with E-state index in [-0.39, 0.29) is 0 Å². The van der Waals surface area contributed by atoms with E-state index in [9.17, 15) is 0 Å². The maximum Gasteiger partial charge on any atom is 0.0785 e. The van der Waals surface area contributed by atoms with Gasteiger partial charge in [-0.25, -0.2) is 0 Å². The average molecular weight is 427 g/mol. The van der Waals surface area contributed by atoms with Crippen molar-refractivity contribution in [1.29, 1.82) is 0 Å². The van der Waals surface area contributed by atoms with Gasteiger partial charge in [0.05, 0.1) is 19.5 Å². The Balaban J connectivity index is 2.45. The lowest BCUT2D eigenvalue weighted by Gasteiger charge is -2.14. The summed E-state index contributed by atoms with van der Waals surface area (Å²) in [5, 5.41) is 0. The summed E-state index contributed by atoms with van der Waals surface area (Å²) in [6.45, 7) is 8.64. The van der Waals surface area contributed by atoms with Crippen LogP contribution in [0.5, 0.6) is 0 Å². The van der Waals surface area contributed by atoms with Crippen LogP contribution in [0.4, 0.5) is 0 Å². The van der Waals surface area contributed by atoms with E-state index in [0.717, 1.165) is 56.3 Å². The van der Waals surface area contributed by atoms with Crippen molar-refractivity contribution < 1.29 is 0 Å². The molecule has 2 aromatic heterocycles. The molecule has 0 bridgehead atoms. The first-order chi connectivity index (χ1) is 14.5. The van der Waals surface area contributed by atoms with Gasteiger partial charge in [-0.15, -0.1) is 35.5 Å². The van der Waals surface area contributed by atoms with Crippen molar-refractivity contribution in [3.63, 3.8) is 0 Å². The Morgan fingerprint density at radius 3 is 1.37 bits per heavy atom. The fraction of sp³-hybridized carbons (Fsp3) is 0.286. The molecule has 0 N–H and O–H groups in total. The van der Waals surface area contributed by atoms with Gasteiger partial charge in [0.2, 0.25) is 0 Å². The lowest BCUT2D eigenvalue weighted by Crippen LogP contribution is -1.97. The van der Waals surface area contributed by atoms with Crippen molar-refractivity contribution in [2.75, 3.05) is 0 Å². The van der Waals surface area contributed by atoms with E-state index in [1.54, 1.807) is 22.7 Å². The molecule has 2 rings (SSSR count). The smallest absolute Gasteiger partial charge is 0.0785 e. The lowest BCUT2D eigenvalue weighted by molar-refractivity contribution is 0.840. The van der Waals surface area contributed by atoms with Crippen LogP contribution in [-0.2, 0) is 0 Å². The molecule has 2 heteroatoms. The van der Waals surface area contributed by atoms with Crippen molar-refractivity contribution in [3.8, 4) is 48.4 Å². The minimum atomic E-state index is 0.911. The molecule has 0 nitrogen and oxygen atoms in total. The Kier molecular flexibility index (Phi) is 9.33. The van der Waals surface area contributed by atoms with Gasteiger partial charge in [-0.05, 0) is 62.1 Å². The number of allylic oxidation sites excluding steroid dienone is 4. The molecule has 2 aromatic rings. The maximum atomic E-state index is 5.47. The van der Waals surface area contributed by atoms with Gasteiger partial charge in [-0.3, -0.25) is 0 Å². The van der Waals surface area contributed by atoms with Crippen molar-refractivity contribution in [3.05, 3.63) is 66.1 Å². The standard InChI is InChI=1S/C28H26S2/c1-7-11-27(21(5)13-15-25-19-17-23(9-3)29-25)28(12-8-2)22(6)14-16-26-20-18-24(10-4)30-26/h3-4,17-20H,7-8,11-12H2,1-2,5-6H3/b27-21+,28-22?. The van der Waals surface area contributed by atoms with Crippen LogP contribution in [-0.4, -0.2) is 0 Å². The largest absolute Gasteiger partial charge is 0.118 e. The summed E-state index contributed by atoms with van der Waals surface area (Å²) in [4.78, 5) is 3.82. The van der Waals surface area contributed by atoms with Crippen LogP contribution in [0.3, 0.4) is 0 Å². The Morgan fingerprint density at radius 2 is 1.07 bits per heavy atom. The first-order valence-electron chi connectivity index (χ1n) is 10.1. The summed E-state index contributed by atoms with van der Waals surface area (Å²) in [5.41, 5.74) is 4.87. The van der Waals surface area contributed by atoms with E-state index in [0.29, 0.717) is 0 Å². The fourth-order valence-corrected chi connectivity index (χ4v) is 4.40. The number of rotatable bonds is 5. The van der Waals surface area contributed by atoms with Crippen LogP contribution in [0.25, 0.3) is 0 Å². The summed E-state index contributed by atoms with van der Waals surface area (Å²) < 4.78 is 0. The van der Waals surface area contributed by atoms with Gasteiger partial charge in [0.25, 0.3) is 0 Å². The Hall–Kier alpha value is -2.88. The molecule has 0 fully saturated rings. The Morgan fingerprint density at radius 1 is 0.700 bits per heavy atom. The van der Waals surface area contributed by atoms with Gasteiger partial charge >= 0.3 is 0 Å². The van der Waals surface area contributed by atoms with Crippen LogP contribution < -0.4 is 0 Å². The third-order valence-corrected chi connectivity index (χ3v) is 6.38. The van der Waals surface area contributed by atoms with E-state index in [1.165, 1.54) is 11.1 Å². The summed E-state index contributed by atoms with van der Waals surface area (Å²) in [7, 11) is 0. The molecule has 0 amide bonds. The molecule has 0 aliphatic heterocycles. The number of hydrogen-bond acceptors (Lipinski definition) is 2. The van der Waals surface area contributed by atoms with Crippen molar-refractivity contribution >= 4 is 22.7 Å². The van der Waals surface area contributed by atoms with Crippen molar-refractivity contribution in [2.24, 2.45) is 0 Å². The van der Waals surface area contributed by atoms with Gasteiger partial charge in [0, 0.05) is 11.1 Å². The van der Waals surface area contributed by atoms with E-state index in [1.807, 2.05) is 24.3 Å². The van der Waals surface area contributed by atoms with Gasteiger partial charge in [-0.1, -0.05) is 62.2 Å². The predicted octanol–water partition coefficient (Wildman–Crippen LogP) is 7.41. The Bertz CT molecular complexity index is 1060. The zero-order chi connectivity index (χ0) is 21.9. The molecular weight excluding hydrogens is 400 g/mol. The second kappa shape index (κ2) is 12.0. The topological polar surface area (TPSA) is 0 Å². The van der Waals surface area contributed by atoms with Gasteiger partial charge < -0.3 is 0 Å². The second-order valence-corrected chi connectivity index (χ2v) is 8.99. The molecule has 0 unspecified atom stereocenters. The molecule has 0 aromatic carbocycles. The Labute approximate surface area is 190 Å². The molecule has 0 radical (unpaired) electrons. The molecule has 0 atom stereocenters. The first kappa shape index (κ1) is 23.4. The van der Waals surface area contributed by atoms with Crippen molar-refractivity contribution in [1.82, 2.24) is 0 Å². The molecule has 0 aliphatic carbocycles. The second-order valence-electron chi connectivity index (χ2n) is 6.82. The van der Waals surface area contributed by atoms with Crippen LogP contribution in [0.1, 0.15) is 72.9 Å².